The van der Waals surface area contributed by atoms with Crippen LogP contribution in [0.25, 0.3) is 0 Å². The van der Waals surface area contributed by atoms with Gasteiger partial charge in [0.25, 0.3) is 0 Å². The molecule has 1 N–H and O–H groups in total. The van der Waals surface area contributed by atoms with Gasteiger partial charge in [-0.2, -0.15) is 0 Å². The number of methoxy groups -OCH3 is 2. The zero-order chi connectivity index (χ0) is 14.5. The monoisotopic (exact) mass is 281 g/mol. The smallest absolute Gasteiger partial charge is 0.163 e. The molecule has 20 heavy (non-hydrogen) atoms. The molecule has 0 aromatic heterocycles. The Morgan fingerprint density at radius 3 is 2.50 bits per heavy atom. The lowest BCUT2D eigenvalue weighted by Crippen LogP contribution is -2.28. The molecule has 0 bridgehead atoms. The van der Waals surface area contributed by atoms with E-state index in [1.165, 1.54) is 0 Å². The van der Waals surface area contributed by atoms with E-state index in [0.717, 1.165) is 43.7 Å². The fourth-order valence-electron chi connectivity index (χ4n) is 2.84. The van der Waals surface area contributed by atoms with Crippen LogP contribution in [0.2, 0.25) is 0 Å². The van der Waals surface area contributed by atoms with Crippen LogP contribution in [0.3, 0.4) is 0 Å². The second-order valence-corrected chi connectivity index (χ2v) is 5.43. The van der Waals surface area contributed by atoms with Gasteiger partial charge in [0.15, 0.2) is 11.5 Å². The molecule has 1 aliphatic rings. The van der Waals surface area contributed by atoms with Crippen molar-refractivity contribution < 1.29 is 13.9 Å². The Hall–Kier alpha value is -1.29. The molecule has 3 nitrogen and oxygen atoms in total. The first-order chi connectivity index (χ1) is 9.65. The van der Waals surface area contributed by atoms with E-state index in [-0.39, 0.29) is 0 Å². The van der Waals surface area contributed by atoms with Crippen LogP contribution >= 0.6 is 0 Å². The highest BCUT2D eigenvalue weighted by molar-refractivity contribution is 5.50. The van der Waals surface area contributed by atoms with E-state index >= 15 is 0 Å². The first kappa shape index (κ1) is 15.1. The molecule has 0 radical (unpaired) electrons. The Labute approximate surface area is 120 Å². The zero-order valence-electron chi connectivity index (χ0n) is 12.5. The average Bonchev–Trinajstić information content (AvgIpc) is 2.47. The molecule has 112 valence electrons. The fraction of sp³-hybridized carbons (Fsp3) is 0.625. The van der Waals surface area contributed by atoms with Gasteiger partial charge in [-0.15, -0.1) is 0 Å². The first-order valence-corrected chi connectivity index (χ1v) is 7.25. The number of benzene rings is 1. The van der Waals surface area contributed by atoms with Crippen LogP contribution in [0.1, 0.15) is 37.1 Å². The lowest BCUT2D eigenvalue weighted by Gasteiger charge is -2.24. The molecule has 4 heteroatoms. The summed E-state index contributed by atoms with van der Waals surface area (Å²) in [6, 6.07) is 3.66. The van der Waals surface area contributed by atoms with Gasteiger partial charge >= 0.3 is 0 Å². The minimum Gasteiger partial charge on any atom is -0.493 e. The van der Waals surface area contributed by atoms with Gasteiger partial charge in [-0.3, -0.25) is 0 Å². The van der Waals surface area contributed by atoms with Gasteiger partial charge < -0.3 is 14.8 Å². The largest absolute Gasteiger partial charge is 0.493 e. The van der Waals surface area contributed by atoms with Gasteiger partial charge in [0, 0.05) is 0 Å². The molecular weight excluding hydrogens is 257 g/mol. The van der Waals surface area contributed by atoms with Crippen molar-refractivity contribution in [3.63, 3.8) is 0 Å². The molecule has 1 fully saturated rings. The molecule has 1 aliphatic heterocycles. The van der Waals surface area contributed by atoms with Gasteiger partial charge in [-0.05, 0) is 68.5 Å². The second kappa shape index (κ2) is 6.93. The van der Waals surface area contributed by atoms with Crippen molar-refractivity contribution in [2.24, 2.45) is 5.92 Å². The van der Waals surface area contributed by atoms with Crippen molar-refractivity contribution in [3.8, 4) is 11.5 Å². The van der Waals surface area contributed by atoms with E-state index in [9.17, 15) is 4.39 Å². The summed E-state index contributed by atoms with van der Waals surface area (Å²) >= 11 is 0. The summed E-state index contributed by atoms with van der Waals surface area (Å²) in [5.41, 5.74) is 1.71. The molecule has 1 heterocycles. The average molecular weight is 281 g/mol. The Kier molecular flexibility index (Phi) is 5.24. The third-order valence-electron chi connectivity index (χ3n) is 4.00. The molecule has 1 unspecified atom stereocenters. The molecule has 0 saturated carbocycles. The highest BCUT2D eigenvalue weighted by Crippen LogP contribution is 2.37. The summed E-state index contributed by atoms with van der Waals surface area (Å²) in [5, 5.41) is 3.37. The van der Waals surface area contributed by atoms with Crippen molar-refractivity contribution in [3.05, 3.63) is 23.3 Å². The van der Waals surface area contributed by atoms with Gasteiger partial charge in [-0.25, -0.2) is 4.39 Å². The van der Waals surface area contributed by atoms with Gasteiger partial charge in [0.1, 0.15) is 6.17 Å². The van der Waals surface area contributed by atoms with Crippen LogP contribution in [-0.2, 0) is 6.42 Å². The topological polar surface area (TPSA) is 30.5 Å². The molecule has 0 spiro atoms. The number of hydrogen-bond donors (Lipinski definition) is 1. The Morgan fingerprint density at radius 2 is 1.95 bits per heavy atom. The summed E-state index contributed by atoms with van der Waals surface area (Å²) in [5.74, 6) is 1.99. The minimum absolute atomic E-state index is 0.624. The molecule has 1 saturated heterocycles. The van der Waals surface area contributed by atoms with Crippen molar-refractivity contribution in [2.75, 3.05) is 27.3 Å². The standard InChI is InChI=1S/C16H24FNO2/c1-11(17)13-9-14(8-12-4-6-18-7-5-12)16(20-3)15(10-13)19-2/h9-12,18H,4-8H2,1-3H3. The molecule has 0 aliphatic carbocycles. The van der Waals surface area contributed by atoms with E-state index in [0.29, 0.717) is 17.2 Å². The molecule has 0 amide bonds. The highest BCUT2D eigenvalue weighted by atomic mass is 19.1. The molecular formula is C16H24FNO2. The summed E-state index contributed by atoms with van der Waals surface area (Å²) < 4.78 is 24.5. The normalized spacial score (nSPS) is 17.8. The number of nitrogens with one attached hydrogen (secondary N) is 1. The van der Waals surface area contributed by atoms with Crippen molar-refractivity contribution in [1.82, 2.24) is 5.32 Å². The SMILES string of the molecule is COc1cc(C(C)F)cc(CC2CCNCC2)c1OC. The Balaban J connectivity index is 2.29. The quantitative estimate of drug-likeness (QED) is 0.898. The molecule has 1 aromatic rings. The van der Waals surface area contributed by atoms with E-state index in [1.54, 1.807) is 27.2 Å². The first-order valence-electron chi connectivity index (χ1n) is 7.25. The molecule has 1 atom stereocenters. The van der Waals surface area contributed by atoms with E-state index in [4.69, 9.17) is 9.47 Å². The van der Waals surface area contributed by atoms with Gasteiger partial charge in [-0.1, -0.05) is 0 Å². The number of alkyl halides is 1. The third-order valence-corrected chi connectivity index (χ3v) is 4.00. The molecule has 2 rings (SSSR count). The highest BCUT2D eigenvalue weighted by Gasteiger charge is 2.20. The number of rotatable bonds is 5. The van der Waals surface area contributed by atoms with Crippen molar-refractivity contribution >= 4 is 0 Å². The molecule has 1 aromatic carbocycles. The van der Waals surface area contributed by atoms with Crippen LogP contribution in [0, 0.1) is 5.92 Å². The van der Waals surface area contributed by atoms with Crippen LogP contribution in [0.15, 0.2) is 12.1 Å². The Morgan fingerprint density at radius 1 is 1.25 bits per heavy atom. The third kappa shape index (κ3) is 3.42. The van der Waals surface area contributed by atoms with Crippen LogP contribution in [-0.4, -0.2) is 27.3 Å². The minimum atomic E-state index is -0.999. The maximum absolute atomic E-state index is 13.6. The number of hydrogen-bond acceptors (Lipinski definition) is 3. The fourth-order valence-corrected chi connectivity index (χ4v) is 2.84. The number of ether oxygens (including phenoxy) is 2. The van der Waals surface area contributed by atoms with Crippen LogP contribution in [0.5, 0.6) is 11.5 Å². The number of halogens is 1. The van der Waals surface area contributed by atoms with E-state index in [1.807, 2.05) is 6.07 Å². The van der Waals surface area contributed by atoms with Crippen LogP contribution in [0.4, 0.5) is 4.39 Å². The van der Waals surface area contributed by atoms with Crippen molar-refractivity contribution in [1.29, 1.82) is 0 Å². The number of piperidine rings is 1. The lowest BCUT2D eigenvalue weighted by molar-refractivity contribution is 0.333. The maximum Gasteiger partial charge on any atom is 0.163 e. The van der Waals surface area contributed by atoms with Crippen LogP contribution < -0.4 is 14.8 Å². The van der Waals surface area contributed by atoms with E-state index in [2.05, 4.69) is 5.32 Å². The predicted octanol–water partition coefficient (Wildman–Crippen LogP) is 3.28. The Bertz CT molecular complexity index is 442. The maximum atomic E-state index is 13.6. The van der Waals surface area contributed by atoms with E-state index < -0.39 is 6.17 Å². The van der Waals surface area contributed by atoms with Crippen molar-refractivity contribution in [2.45, 2.75) is 32.4 Å². The second-order valence-electron chi connectivity index (χ2n) is 5.43. The summed E-state index contributed by atoms with van der Waals surface area (Å²) in [6.45, 7) is 3.67. The summed E-state index contributed by atoms with van der Waals surface area (Å²) in [6.07, 6.45) is 2.23. The summed E-state index contributed by atoms with van der Waals surface area (Å²) in [7, 11) is 3.24. The summed E-state index contributed by atoms with van der Waals surface area (Å²) in [4.78, 5) is 0. The predicted molar refractivity (Wildman–Crippen MR) is 78.4 cm³/mol. The zero-order valence-corrected chi connectivity index (χ0v) is 12.5. The van der Waals surface area contributed by atoms with Gasteiger partial charge in [0.2, 0.25) is 0 Å². The van der Waals surface area contributed by atoms with Gasteiger partial charge in [0.05, 0.1) is 14.2 Å². The lowest BCUT2D eigenvalue weighted by atomic mass is 9.89.